The topological polar surface area (TPSA) is 114 Å². The van der Waals surface area contributed by atoms with Crippen molar-refractivity contribution in [1.82, 2.24) is 19.4 Å². The molecule has 0 bridgehead atoms. The fourth-order valence-electron chi connectivity index (χ4n) is 8.12. The molecule has 1 atom stereocenters. The van der Waals surface area contributed by atoms with Crippen LogP contribution in [0.5, 0.6) is 28.7 Å². The maximum absolute atomic E-state index is 14.6. The maximum atomic E-state index is 14.6. The number of amides is 1. The number of para-hydroxylation sites is 2. The highest BCUT2D eigenvalue weighted by Crippen LogP contribution is 2.43. The first kappa shape index (κ1) is 38.9. The third-order valence-corrected chi connectivity index (χ3v) is 11.1. The molecular weight excluding hydrogens is 688 g/mol. The summed E-state index contributed by atoms with van der Waals surface area (Å²) in [6.07, 6.45) is 3.48. The first-order valence-corrected chi connectivity index (χ1v) is 18.9. The molecule has 0 aliphatic carbocycles. The second-order valence-corrected chi connectivity index (χ2v) is 14.2. The van der Waals surface area contributed by atoms with Crippen LogP contribution < -0.4 is 23.7 Å². The van der Waals surface area contributed by atoms with E-state index >= 15 is 0 Å². The Labute approximate surface area is 318 Å². The third-order valence-electron chi connectivity index (χ3n) is 11.1. The van der Waals surface area contributed by atoms with Gasteiger partial charge in [0, 0.05) is 32.2 Å². The summed E-state index contributed by atoms with van der Waals surface area (Å²) < 4.78 is 35.5. The molecule has 0 N–H and O–H groups in total. The van der Waals surface area contributed by atoms with Gasteiger partial charge in [-0.15, -0.1) is 0 Å². The Morgan fingerprint density at radius 2 is 1.50 bits per heavy atom. The quantitative estimate of drug-likeness (QED) is 0.0881. The molecule has 290 valence electrons. The summed E-state index contributed by atoms with van der Waals surface area (Å²) in [6, 6.07) is 17.6. The SMILES string of the molecule is CCOCCn1c(C(=O)C2CCN(CCC3(Cc4ccc(OC)c(OC)c4)CCN(Cc4cc(OC)c(OC)c(OC)c4)C3=O)CC2)nc2ccccc21. The molecule has 12 nitrogen and oxygen atoms in total. The van der Waals surface area contributed by atoms with Crippen molar-refractivity contribution in [1.29, 1.82) is 0 Å². The number of aromatic nitrogens is 2. The van der Waals surface area contributed by atoms with E-state index in [1.54, 1.807) is 35.5 Å². The Balaban J connectivity index is 1.17. The number of piperidine rings is 1. The summed E-state index contributed by atoms with van der Waals surface area (Å²) in [5.41, 5.74) is 3.09. The number of carbonyl (C=O) groups excluding carboxylic acids is 2. The van der Waals surface area contributed by atoms with Crippen molar-refractivity contribution in [3.05, 3.63) is 71.5 Å². The maximum Gasteiger partial charge on any atom is 0.229 e. The molecule has 0 spiro atoms. The summed E-state index contributed by atoms with van der Waals surface area (Å²) in [6.45, 7) is 7.08. The number of benzene rings is 3. The first-order chi connectivity index (χ1) is 26.3. The summed E-state index contributed by atoms with van der Waals surface area (Å²) >= 11 is 0. The number of imidazole rings is 1. The van der Waals surface area contributed by atoms with Crippen molar-refractivity contribution >= 4 is 22.7 Å². The molecule has 2 aliphatic rings. The van der Waals surface area contributed by atoms with Gasteiger partial charge in [-0.3, -0.25) is 9.59 Å². The number of hydrogen-bond donors (Lipinski definition) is 0. The van der Waals surface area contributed by atoms with E-state index in [9.17, 15) is 9.59 Å². The molecule has 1 aromatic heterocycles. The average Bonchev–Trinajstić information content (AvgIpc) is 3.73. The number of rotatable bonds is 18. The van der Waals surface area contributed by atoms with Crippen molar-refractivity contribution in [3.63, 3.8) is 0 Å². The summed E-state index contributed by atoms with van der Waals surface area (Å²) in [7, 11) is 8.01. The highest BCUT2D eigenvalue weighted by molar-refractivity contribution is 5.98. The van der Waals surface area contributed by atoms with Crippen molar-refractivity contribution in [2.45, 2.75) is 52.1 Å². The zero-order valence-electron chi connectivity index (χ0n) is 32.5. The monoisotopic (exact) mass is 742 g/mol. The number of ether oxygens (including phenoxy) is 6. The van der Waals surface area contributed by atoms with Gasteiger partial charge in [0.25, 0.3) is 0 Å². The molecule has 54 heavy (non-hydrogen) atoms. The van der Waals surface area contributed by atoms with E-state index in [1.807, 2.05) is 71.0 Å². The summed E-state index contributed by atoms with van der Waals surface area (Å²) in [5, 5.41) is 0. The van der Waals surface area contributed by atoms with Gasteiger partial charge in [-0.25, -0.2) is 4.98 Å². The van der Waals surface area contributed by atoms with E-state index in [0.717, 1.165) is 61.1 Å². The van der Waals surface area contributed by atoms with Gasteiger partial charge in [0.05, 0.1) is 58.6 Å². The van der Waals surface area contributed by atoms with Crippen LogP contribution in [0.15, 0.2) is 54.6 Å². The van der Waals surface area contributed by atoms with Crippen LogP contribution >= 0.6 is 0 Å². The standard InChI is InChI=1S/C42H54N4O8/c1-7-54-23-22-46-33-11-9-8-10-32(33)43-40(46)38(47)31-14-18-44(19-15-31)20-16-42(27-29-12-13-34(49-2)35(24-29)50-3)17-21-45(41(42)48)28-30-25-36(51-4)39(53-6)37(26-30)52-5/h8-13,24-26,31H,7,14-23,27-28H2,1-6H3. The van der Waals surface area contributed by atoms with E-state index in [0.29, 0.717) is 80.3 Å². The number of methoxy groups -OCH3 is 5. The van der Waals surface area contributed by atoms with E-state index < -0.39 is 5.41 Å². The molecule has 2 saturated heterocycles. The lowest BCUT2D eigenvalue weighted by atomic mass is 9.76. The number of hydrogen-bond acceptors (Lipinski definition) is 10. The fourth-order valence-corrected chi connectivity index (χ4v) is 8.12. The predicted molar refractivity (Wildman–Crippen MR) is 206 cm³/mol. The van der Waals surface area contributed by atoms with E-state index in [4.69, 9.17) is 33.4 Å². The molecule has 2 aliphatic heterocycles. The minimum atomic E-state index is -0.613. The van der Waals surface area contributed by atoms with Gasteiger partial charge in [0.15, 0.2) is 28.8 Å². The number of ketones is 1. The lowest BCUT2D eigenvalue weighted by Gasteiger charge is -2.35. The molecular formula is C42H54N4O8. The van der Waals surface area contributed by atoms with Crippen LogP contribution in [0, 0.1) is 11.3 Å². The lowest BCUT2D eigenvalue weighted by Crippen LogP contribution is -2.42. The molecule has 3 aromatic carbocycles. The van der Waals surface area contributed by atoms with Crippen molar-refractivity contribution < 1.29 is 38.0 Å². The van der Waals surface area contributed by atoms with Crippen molar-refractivity contribution in [2.24, 2.45) is 11.3 Å². The number of Topliss-reactive ketones (excluding diaryl/α,β-unsaturated/α-hetero) is 1. The van der Waals surface area contributed by atoms with Crippen LogP contribution in [0.2, 0.25) is 0 Å². The van der Waals surface area contributed by atoms with Gasteiger partial charge in [-0.2, -0.15) is 0 Å². The number of nitrogens with zero attached hydrogens (tertiary/aromatic N) is 4. The van der Waals surface area contributed by atoms with Crippen molar-refractivity contribution in [3.8, 4) is 28.7 Å². The minimum Gasteiger partial charge on any atom is -0.493 e. The van der Waals surface area contributed by atoms with Crippen LogP contribution in [0.1, 0.15) is 54.4 Å². The zero-order valence-corrected chi connectivity index (χ0v) is 32.5. The zero-order chi connectivity index (χ0) is 38.2. The molecule has 0 radical (unpaired) electrons. The van der Waals surface area contributed by atoms with Crippen LogP contribution in [0.25, 0.3) is 11.0 Å². The first-order valence-electron chi connectivity index (χ1n) is 18.9. The second kappa shape index (κ2) is 17.6. The van der Waals surface area contributed by atoms with Gasteiger partial charge in [-0.05, 0) is 106 Å². The van der Waals surface area contributed by atoms with E-state index in [1.165, 1.54) is 0 Å². The van der Waals surface area contributed by atoms with Crippen LogP contribution in [-0.2, 0) is 29.0 Å². The van der Waals surface area contributed by atoms with E-state index in [-0.39, 0.29) is 17.6 Å². The molecule has 12 heteroatoms. The highest BCUT2D eigenvalue weighted by Gasteiger charge is 2.47. The number of fused-ring (bicyclic) bond motifs is 1. The smallest absolute Gasteiger partial charge is 0.229 e. The molecule has 4 aromatic rings. The number of carbonyl (C=O) groups is 2. The van der Waals surface area contributed by atoms with Crippen molar-refractivity contribution in [2.75, 3.05) is 74.9 Å². The fraction of sp³-hybridized carbons (Fsp3) is 0.500. The minimum absolute atomic E-state index is 0.0978. The molecule has 3 heterocycles. The predicted octanol–water partition coefficient (Wildman–Crippen LogP) is 6.06. The Hall–Kier alpha value is -4.81. The van der Waals surface area contributed by atoms with Gasteiger partial charge >= 0.3 is 0 Å². The Morgan fingerprint density at radius 3 is 2.17 bits per heavy atom. The molecule has 1 amide bonds. The normalized spacial score (nSPS) is 18.0. The Morgan fingerprint density at radius 1 is 0.815 bits per heavy atom. The van der Waals surface area contributed by atoms with Gasteiger partial charge < -0.3 is 42.8 Å². The van der Waals surface area contributed by atoms with E-state index in [2.05, 4.69) is 4.90 Å². The van der Waals surface area contributed by atoms with Gasteiger partial charge in [0.1, 0.15) is 0 Å². The van der Waals surface area contributed by atoms with Crippen LogP contribution in [0.4, 0.5) is 0 Å². The molecule has 2 fully saturated rings. The Bertz CT molecular complexity index is 1890. The van der Waals surface area contributed by atoms with Gasteiger partial charge in [0.2, 0.25) is 17.4 Å². The summed E-state index contributed by atoms with van der Waals surface area (Å²) in [4.78, 5) is 37.7. The lowest BCUT2D eigenvalue weighted by molar-refractivity contribution is -0.137. The van der Waals surface area contributed by atoms with Gasteiger partial charge in [-0.1, -0.05) is 18.2 Å². The average molecular weight is 743 g/mol. The molecule has 6 rings (SSSR count). The third kappa shape index (κ3) is 8.14. The van der Waals surface area contributed by atoms with Crippen LogP contribution in [0.3, 0.4) is 0 Å². The van der Waals surface area contributed by atoms with Crippen LogP contribution in [-0.4, -0.2) is 106 Å². The highest BCUT2D eigenvalue weighted by atomic mass is 16.5. The molecule has 0 saturated carbocycles. The molecule has 1 unspecified atom stereocenters. The summed E-state index contributed by atoms with van der Waals surface area (Å²) in [5.74, 6) is 3.56. The second-order valence-electron chi connectivity index (χ2n) is 14.2. The Kier molecular flexibility index (Phi) is 12.6. The largest absolute Gasteiger partial charge is 0.493 e. The number of likely N-dealkylation sites (tertiary alicyclic amines) is 2.